The van der Waals surface area contributed by atoms with Gasteiger partial charge in [-0.25, -0.2) is 9.67 Å². The molecule has 1 fully saturated rings. The van der Waals surface area contributed by atoms with Crippen molar-refractivity contribution >= 4 is 28.8 Å². The summed E-state index contributed by atoms with van der Waals surface area (Å²) in [6, 6.07) is 11.6. The summed E-state index contributed by atoms with van der Waals surface area (Å²) in [6.07, 6.45) is 2.74. The van der Waals surface area contributed by atoms with E-state index in [1.807, 2.05) is 48.9 Å². The van der Waals surface area contributed by atoms with E-state index < -0.39 is 0 Å². The first kappa shape index (κ1) is 20.7. The molecule has 4 rings (SSSR count). The second-order valence-electron chi connectivity index (χ2n) is 7.89. The molecular weight excluding hydrogens is 394 g/mol. The van der Waals surface area contributed by atoms with Crippen LogP contribution >= 0.6 is 0 Å². The normalized spacial score (nSPS) is 14.1. The number of likely N-dealkylation sites (tertiary alicyclic amines) is 1. The zero-order valence-electron chi connectivity index (χ0n) is 17.7. The molecule has 1 saturated heterocycles. The third-order valence-electron chi connectivity index (χ3n) is 5.37. The summed E-state index contributed by atoms with van der Waals surface area (Å²) < 4.78 is 1.81. The standard InChI is InChI=1S/C23H25N5O3/c1-15(2)28-22-18(14-25-28)17(13-19(26-22)16-7-4-3-5-8-16)23(31)24-11-6-12-27-20(29)9-10-21(27)30/h3-5,7-8,13-15H,6,9-12H2,1-2H3,(H,24,31). The van der Waals surface area contributed by atoms with E-state index in [0.717, 1.165) is 5.56 Å². The Labute approximate surface area is 180 Å². The summed E-state index contributed by atoms with van der Waals surface area (Å²) in [5, 5.41) is 8.03. The van der Waals surface area contributed by atoms with Gasteiger partial charge in [-0.2, -0.15) is 5.10 Å². The molecule has 0 saturated carbocycles. The fourth-order valence-corrected chi connectivity index (χ4v) is 3.75. The van der Waals surface area contributed by atoms with Crippen molar-refractivity contribution < 1.29 is 14.4 Å². The van der Waals surface area contributed by atoms with Crippen LogP contribution in [-0.2, 0) is 9.59 Å². The molecule has 0 aliphatic carbocycles. The van der Waals surface area contributed by atoms with E-state index in [9.17, 15) is 14.4 Å². The van der Waals surface area contributed by atoms with E-state index in [-0.39, 0.29) is 36.6 Å². The first-order valence-electron chi connectivity index (χ1n) is 10.5. The number of fused-ring (bicyclic) bond motifs is 1. The minimum Gasteiger partial charge on any atom is -0.352 e. The molecule has 160 valence electrons. The van der Waals surface area contributed by atoms with Crippen LogP contribution in [0.5, 0.6) is 0 Å². The van der Waals surface area contributed by atoms with Crippen LogP contribution in [0.1, 0.15) is 49.5 Å². The third kappa shape index (κ3) is 4.19. The van der Waals surface area contributed by atoms with Crippen LogP contribution in [0.4, 0.5) is 0 Å². The SMILES string of the molecule is CC(C)n1ncc2c(C(=O)NCCCN3C(=O)CCC3=O)cc(-c3ccccc3)nc21. The van der Waals surface area contributed by atoms with Gasteiger partial charge in [0.25, 0.3) is 5.91 Å². The number of nitrogens with one attached hydrogen (secondary N) is 1. The van der Waals surface area contributed by atoms with Crippen molar-refractivity contribution in [2.24, 2.45) is 0 Å². The maximum atomic E-state index is 13.0. The number of hydrogen-bond donors (Lipinski definition) is 1. The van der Waals surface area contributed by atoms with E-state index in [1.54, 1.807) is 12.3 Å². The van der Waals surface area contributed by atoms with Crippen LogP contribution in [0.3, 0.4) is 0 Å². The van der Waals surface area contributed by atoms with E-state index >= 15 is 0 Å². The van der Waals surface area contributed by atoms with Crippen molar-refractivity contribution in [3.8, 4) is 11.3 Å². The average molecular weight is 419 g/mol. The van der Waals surface area contributed by atoms with Crippen LogP contribution in [0.25, 0.3) is 22.3 Å². The van der Waals surface area contributed by atoms with Crippen LogP contribution in [0.2, 0.25) is 0 Å². The maximum Gasteiger partial charge on any atom is 0.252 e. The van der Waals surface area contributed by atoms with Gasteiger partial charge in [0.05, 0.1) is 22.8 Å². The highest BCUT2D eigenvalue weighted by molar-refractivity contribution is 6.06. The smallest absolute Gasteiger partial charge is 0.252 e. The molecule has 3 aromatic rings. The summed E-state index contributed by atoms with van der Waals surface area (Å²) in [7, 11) is 0. The Bertz CT molecular complexity index is 1120. The first-order chi connectivity index (χ1) is 15.0. The molecule has 1 aliphatic heterocycles. The molecule has 3 amide bonds. The average Bonchev–Trinajstić information content (AvgIpc) is 3.34. The Kier molecular flexibility index (Phi) is 5.79. The lowest BCUT2D eigenvalue weighted by molar-refractivity contribution is -0.138. The highest BCUT2D eigenvalue weighted by Crippen LogP contribution is 2.26. The fraction of sp³-hybridized carbons (Fsp3) is 0.348. The number of amides is 3. The molecule has 3 heterocycles. The number of carbonyl (C=O) groups excluding carboxylic acids is 3. The van der Waals surface area contributed by atoms with Crippen molar-refractivity contribution in [3.05, 3.63) is 48.2 Å². The summed E-state index contributed by atoms with van der Waals surface area (Å²) in [6.45, 7) is 4.72. The number of nitrogens with zero attached hydrogens (tertiary/aromatic N) is 4. The molecule has 0 spiro atoms. The second-order valence-corrected chi connectivity index (χ2v) is 7.89. The van der Waals surface area contributed by atoms with E-state index in [2.05, 4.69) is 10.4 Å². The van der Waals surface area contributed by atoms with Gasteiger partial charge in [0.15, 0.2) is 5.65 Å². The third-order valence-corrected chi connectivity index (χ3v) is 5.37. The molecule has 8 heteroatoms. The summed E-state index contributed by atoms with van der Waals surface area (Å²) >= 11 is 0. The molecule has 0 bridgehead atoms. The van der Waals surface area contributed by atoms with Crippen molar-refractivity contribution in [1.29, 1.82) is 0 Å². The molecule has 0 radical (unpaired) electrons. The van der Waals surface area contributed by atoms with Gasteiger partial charge in [0.2, 0.25) is 11.8 Å². The van der Waals surface area contributed by atoms with E-state index in [0.29, 0.717) is 41.8 Å². The number of benzene rings is 1. The predicted octanol–water partition coefficient (Wildman–Crippen LogP) is 2.95. The first-order valence-corrected chi connectivity index (χ1v) is 10.5. The number of aromatic nitrogens is 3. The van der Waals surface area contributed by atoms with E-state index in [1.165, 1.54) is 4.90 Å². The Balaban J connectivity index is 1.56. The molecule has 8 nitrogen and oxygen atoms in total. The summed E-state index contributed by atoms with van der Waals surface area (Å²) in [5.74, 6) is -0.506. The Hall–Kier alpha value is -3.55. The van der Waals surface area contributed by atoms with Crippen molar-refractivity contribution in [3.63, 3.8) is 0 Å². The van der Waals surface area contributed by atoms with Gasteiger partial charge in [-0.3, -0.25) is 19.3 Å². The largest absolute Gasteiger partial charge is 0.352 e. The van der Waals surface area contributed by atoms with Crippen LogP contribution < -0.4 is 5.32 Å². The molecule has 31 heavy (non-hydrogen) atoms. The minimum absolute atomic E-state index is 0.0995. The number of rotatable bonds is 7. The lowest BCUT2D eigenvalue weighted by Gasteiger charge is -2.14. The fourth-order valence-electron chi connectivity index (χ4n) is 3.75. The van der Waals surface area contributed by atoms with Crippen LogP contribution in [-0.4, -0.2) is 50.5 Å². The van der Waals surface area contributed by atoms with E-state index in [4.69, 9.17) is 4.98 Å². The van der Waals surface area contributed by atoms with Gasteiger partial charge in [0.1, 0.15) is 0 Å². The van der Waals surface area contributed by atoms with Gasteiger partial charge in [-0.1, -0.05) is 30.3 Å². The molecular formula is C23H25N5O3. The molecule has 1 aliphatic rings. The van der Waals surface area contributed by atoms with Gasteiger partial charge >= 0.3 is 0 Å². The Morgan fingerprint density at radius 3 is 2.52 bits per heavy atom. The molecule has 1 N–H and O–H groups in total. The highest BCUT2D eigenvalue weighted by Gasteiger charge is 2.28. The Morgan fingerprint density at radius 2 is 1.84 bits per heavy atom. The molecule has 2 aromatic heterocycles. The summed E-state index contributed by atoms with van der Waals surface area (Å²) in [4.78, 5) is 42.5. The van der Waals surface area contributed by atoms with Crippen LogP contribution in [0, 0.1) is 0 Å². The van der Waals surface area contributed by atoms with Crippen LogP contribution in [0.15, 0.2) is 42.6 Å². The van der Waals surface area contributed by atoms with Crippen molar-refractivity contribution in [1.82, 2.24) is 25.0 Å². The maximum absolute atomic E-state index is 13.0. The second kappa shape index (κ2) is 8.67. The molecule has 0 unspecified atom stereocenters. The number of pyridine rings is 1. The number of imide groups is 1. The molecule has 1 aromatic carbocycles. The lowest BCUT2D eigenvalue weighted by atomic mass is 10.1. The van der Waals surface area contributed by atoms with Gasteiger partial charge in [-0.15, -0.1) is 0 Å². The lowest BCUT2D eigenvalue weighted by Crippen LogP contribution is -2.33. The molecule has 0 atom stereocenters. The van der Waals surface area contributed by atoms with Gasteiger partial charge in [0, 0.05) is 37.5 Å². The van der Waals surface area contributed by atoms with Crippen molar-refractivity contribution in [2.45, 2.75) is 39.2 Å². The number of carbonyl (C=O) groups is 3. The Morgan fingerprint density at radius 1 is 1.13 bits per heavy atom. The topological polar surface area (TPSA) is 97.2 Å². The zero-order chi connectivity index (χ0) is 22.0. The monoisotopic (exact) mass is 419 g/mol. The minimum atomic E-state index is -0.230. The highest BCUT2D eigenvalue weighted by atomic mass is 16.2. The predicted molar refractivity (Wildman–Crippen MR) is 116 cm³/mol. The van der Waals surface area contributed by atoms with Gasteiger partial charge in [-0.05, 0) is 26.3 Å². The van der Waals surface area contributed by atoms with Gasteiger partial charge < -0.3 is 5.32 Å². The van der Waals surface area contributed by atoms with Crippen molar-refractivity contribution in [2.75, 3.05) is 13.1 Å². The summed E-state index contributed by atoms with van der Waals surface area (Å²) in [5.41, 5.74) is 2.79. The number of hydrogen-bond acceptors (Lipinski definition) is 5. The zero-order valence-corrected chi connectivity index (χ0v) is 17.7. The quantitative estimate of drug-likeness (QED) is 0.469.